The van der Waals surface area contributed by atoms with Crippen molar-refractivity contribution in [3.8, 4) is 11.5 Å². The molecule has 2 N–H and O–H groups in total. The van der Waals surface area contributed by atoms with E-state index in [0.717, 1.165) is 34.6 Å². The SMILES string of the molecule is COc1ccccc1COCCCOc1ccc(C2CCN(C(=O)OC(C)(C)C)CC2OC(C)C(=O)Nc2ccccc2CCNC(C)=O)cc1. The molecule has 3 amide bonds. The topological polar surface area (TPSA) is 125 Å². The number of hydrogen-bond acceptors (Lipinski definition) is 8. The van der Waals surface area contributed by atoms with Gasteiger partial charge < -0.3 is 39.2 Å². The second-order valence-electron chi connectivity index (χ2n) is 13.7. The number of rotatable bonds is 16. The molecule has 11 heteroatoms. The third-order valence-electron chi connectivity index (χ3n) is 8.46. The molecule has 3 aromatic rings. The summed E-state index contributed by atoms with van der Waals surface area (Å²) >= 11 is 0. The van der Waals surface area contributed by atoms with Crippen molar-refractivity contribution in [3.05, 3.63) is 89.5 Å². The van der Waals surface area contributed by atoms with Gasteiger partial charge in [-0.05, 0) is 75.9 Å². The number of methoxy groups -OCH3 is 1. The van der Waals surface area contributed by atoms with Gasteiger partial charge in [-0.25, -0.2) is 4.79 Å². The fourth-order valence-electron chi connectivity index (χ4n) is 5.89. The van der Waals surface area contributed by atoms with Gasteiger partial charge in [-0.2, -0.15) is 0 Å². The summed E-state index contributed by atoms with van der Waals surface area (Å²) in [6.45, 7) is 11.5. The van der Waals surface area contributed by atoms with E-state index < -0.39 is 23.9 Å². The van der Waals surface area contributed by atoms with Crippen molar-refractivity contribution in [1.82, 2.24) is 10.2 Å². The average Bonchev–Trinajstić information content (AvgIpc) is 3.10. The van der Waals surface area contributed by atoms with Gasteiger partial charge in [0.2, 0.25) is 5.91 Å². The first-order chi connectivity index (χ1) is 24.4. The van der Waals surface area contributed by atoms with E-state index in [1.165, 1.54) is 6.92 Å². The zero-order valence-electron chi connectivity index (χ0n) is 30.7. The van der Waals surface area contributed by atoms with Gasteiger partial charge in [0.05, 0.1) is 39.6 Å². The van der Waals surface area contributed by atoms with Gasteiger partial charge in [-0.15, -0.1) is 0 Å². The van der Waals surface area contributed by atoms with Crippen LogP contribution in [0.25, 0.3) is 0 Å². The van der Waals surface area contributed by atoms with Crippen LogP contribution in [0.2, 0.25) is 0 Å². The van der Waals surface area contributed by atoms with Crippen LogP contribution in [0.1, 0.15) is 70.1 Å². The van der Waals surface area contributed by atoms with E-state index in [0.29, 0.717) is 51.4 Å². The molecule has 0 aromatic heterocycles. The second-order valence-corrected chi connectivity index (χ2v) is 13.7. The largest absolute Gasteiger partial charge is 0.496 e. The number of piperidine rings is 1. The van der Waals surface area contributed by atoms with Crippen LogP contribution >= 0.6 is 0 Å². The summed E-state index contributed by atoms with van der Waals surface area (Å²) in [5.74, 6) is 1.08. The lowest BCUT2D eigenvalue weighted by molar-refractivity contribution is -0.133. The van der Waals surface area contributed by atoms with Crippen molar-refractivity contribution in [3.63, 3.8) is 0 Å². The molecule has 11 nitrogen and oxygen atoms in total. The van der Waals surface area contributed by atoms with E-state index in [2.05, 4.69) is 10.6 Å². The Morgan fingerprint density at radius 3 is 2.35 bits per heavy atom. The Labute approximate surface area is 301 Å². The molecule has 3 unspecified atom stereocenters. The van der Waals surface area contributed by atoms with Crippen LogP contribution in [-0.4, -0.2) is 80.6 Å². The van der Waals surface area contributed by atoms with E-state index in [4.69, 9.17) is 23.7 Å². The molecule has 1 saturated heterocycles. The maximum atomic E-state index is 13.4. The Balaban J connectivity index is 1.36. The molecular weight excluding hydrogens is 650 g/mol. The first kappa shape index (κ1) is 39.2. The summed E-state index contributed by atoms with van der Waals surface area (Å²) in [4.78, 5) is 39.5. The molecular formula is C40H53N3O8. The number of nitrogens with zero attached hydrogens (tertiary/aromatic N) is 1. The summed E-state index contributed by atoms with van der Waals surface area (Å²) in [6.07, 6.45) is 0.249. The first-order valence-corrected chi connectivity index (χ1v) is 17.6. The minimum atomic E-state index is -0.813. The Morgan fingerprint density at radius 1 is 0.941 bits per heavy atom. The van der Waals surface area contributed by atoms with Crippen LogP contribution in [0.3, 0.4) is 0 Å². The number of nitrogens with one attached hydrogen (secondary N) is 2. The predicted octanol–water partition coefficient (Wildman–Crippen LogP) is 6.50. The molecule has 1 fully saturated rings. The Hall–Kier alpha value is -4.61. The number of anilines is 1. The van der Waals surface area contributed by atoms with Crippen molar-refractivity contribution in [2.45, 2.75) is 84.2 Å². The van der Waals surface area contributed by atoms with Crippen LogP contribution < -0.4 is 20.1 Å². The number of carbonyl (C=O) groups is 3. The van der Waals surface area contributed by atoms with Crippen LogP contribution in [0, 0.1) is 0 Å². The van der Waals surface area contributed by atoms with Crippen molar-refractivity contribution < 1.29 is 38.1 Å². The molecule has 0 saturated carbocycles. The molecule has 4 rings (SSSR count). The number of amides is 3. The summed E-state index contributed by atoms with van der Waals surface area (Å²) in [6, 6.07) is 23.2. The highest BCUT2D eigenvalue weighted by Gasteiger charge is 2.37. The third-order valence-corrected chi connectivity index (χ3v) is 8.46. The molecule has 51 heavy (non-hydrogen) atoms. The normalized spacial score (nSPS) is 16.5. The number of para-hydroxylation sites is 2. The van der Waals surface area contributed by atoms with Crippen LogP contribution in [0.4, 0.5) is 10.5 Å². The summed E-state index contributed by atoms with van der Waals surface area (Å²) in [5.41, 5.74) is 2.97. The number of ether oxygens (including phenoxy) is 5. The monoisotopic (exact) mass is 703 g/mol. The summed E-state index contributed by atoms with van der Waals surface area (Å²) < 4.78 is 29.3. The summed E-state index contributed by atoms with van der Waals surface area (Å²) in [5, 5.41) is 5.79. The van der Waals surface area contributed by atoms with E-state index in [1.54, 1.807) is 18.9 Å². The Kier molecular flexibility index (Phi) is 14.7. The number of carbonyl (C=O) groups excluding carboxylic acids is 3. The van der Waals surface area contributed by atoms with E-state index in [9.17, 15) is 14.4 Å². The van der Waals surface area contributed by atoms with Gasteiger partial charge in [-0.1, -0.05) is 48.5 Å². The average molecular weight is 704 g/mol. The van der Waals surface area contributed by atoms with Gasteiger partial charge in [0.1, 0.15) is 23.2 Å². The maximum Gasteiger partial charge on any atom is 0.410 e. The molecule has 3 atom stereocenters. The lowest BCUT2D eigenvalue weighted by Gasteiger charge is -2.40. The molecule has 1 aliphatic rings. The second kappa shape index (κ2) is 19.1. The molecule has 3 aromatic carbocycles. The van der Waals surface area contributed by atoms with Gasteiger partial charge in [0, 0.05) is 43.6 Å². The quantitative estimate of drug-likeness (QED) is 0.162. The minimum absolute atomic E-state index is 0.0682. The highest BCUT2D eigenvalue weighted by atomic mass is 16.6. The molecule has 1 aliphatic heterocycles. The molecule has 0 bridgehead atoms. The highest BCUT2D eigenvalue weighted by Crippen LogP contribution is 2.33. The van der Waals surface area contributed by atoms with Crippen LogP contribution in [0.15, 0.2) is 72.8 Å². The van der Waals surface area contributed by atoms with Crippen LogP contribution in [-0.2, 0) is 36.8 Å². The Morgan fingerprint density at radius 2 is 1.65 bits per heavy atom. The van der Waals surface area contributed by atoms with E-state index >= 15 is 0 Å². The number of likely N-dealkylation sites (tertiary alicyclic amines) is 1. The number of benzene rings is 3. The standard InChI is InChI=1S/C40H53N3O8/c1-28(38(45)42-35-14-9-7-12-31(35)20-22-41-29(2)44)50-37-26-43(39(46)51-40(3,4)5)23-21-34(37)30-16-18-33(19-17-30)49-25-11-24-48-27-32-13-8-10-15-36(32)47-6/h7-10,12-19,28,34,37H,11,20-27H2,1-6H3,(H,41,44)(H,42,45). The molecule has 276 valence electrons. The predicted molar refractivity (Wildman–Crippen MR) is 196 cm³/mol. The van der Waals surface area contributed by atoms with E-state index in [-0.39, 0.29) is 24.3 Å². The van der Waals surface area contributed by atoms with Crippen molar-refractivity contribution in [2.75, 3.05) is 45.3 Å². The maximum absolute atomic E-state index is 13.4. The van der Waals surface area contributed by atoms with Gasteiger partial charge >= 0.3 is 6.09 Å². The lowest BCUT2D eigenvalue weighted by Crippen LogP contribution is -2.50. The summed E-state index contributed by atoms with van der Waals surface area (Å²) in [7, 11) is 1.65. The Bertz CT molecular complexity index is 1570. The van der Waals surface area contributed by atoms with Gasteiger partial charge in [0.15, 0.2) is 0 Å². The van der Waals surface area contributed by atoms with Gasteiger partial charge in [-0.3, -0.25) is 9.59 Å². The van der Waals surface area contributed by atoms with Crippen molar-refractivity contribution in [1.29, 1.82) is 0 Å². The molecule has 0 aliphatic carbocycles. The third kappa shape index (κ3) is 12.6. The highest BCUT2D eigenvalue weighted by molar-refractivity contribution is 5.94. The minimum Gasteiger partial charge on any atom is -0.496 e. The van der Waals surface area contributed by atoms with Crippen LogP contribution in [0.5, 0.6) is 11.5 Å². The fourth-order valence-corrected chi connectivity index (χ4v) is 5.89. The van der Waals surface area contributed by atoms with Gasteiger partial charge in [0.25, 0.3) is 5.91 Å². The lowest BCUT2D eigenvalue weighted by atomic mass is 9.87. The number of hydrogen-bond donors (Lipinski definition) is 2. The zero-order chi connectivity index (χ0) is 36.8. The molecule has 0 radical (unpaired) electrons. The smallest absolute Gasteiger partial charge is 0.410 e. The first-order valence-electron chi connectivity index (χ1n) is 17.6. The zero-order valence-corrected chi connectivity index (χ0v) is 30.7. The van der Waals surface area contributed by atoms with Crippen molar-refractivity contribution in [2.24, 2.45) is 0 Å². The van der Waals surface area contributed by atoms with E-state index in [1.807, 2.05) is 93.6 Å². The fraction of sp³-hybridized carbons (Fsp3) is 0.475. The van der Waals surface area contributed by atoms with Crippen molar-refractivity contribution >= 4 is 23.6 Å². The molecule has 1 heterocycles. The molecule has 0 spiro atoms.